The lowest BCUT2D eigenvalue weighted by Crippen LogP contribution is -2.46. The van der Waals surface area contributed by atoms with Gasteiger partial charge in [0.25, 0.3) is 0 Å². The summed E-state index contributed by atoms with van der Waals surface area (Å²) >= 11 is 0. The molecule has 0 radical (unpaired) electrons. The summed E-state index contributed by atoms with van der Waals surface area (Å²) in [6, 6.07) is 2.01. The fraction of sp³-hybridized carbons (Fsp3) is 0.733. The van der Waals surface area contributed by atoms with Crippen molar-refractivity contribution in [2.24, 2.45) is 5.92 Å². The Balaban J connectivity index is 1.95. The minimum absolute atomic E-state index is 0.0574. The Hall–Kier alpha value is -1.36. The maximum Gasteiger partial charge on any atom is 0.242 e. The minimum atomic E-state index is -0.0852. The Morgan fingerprint density at radius 2 is 2.00 bits per heavy atom. The van der Waals surface area contributed by atoms with Gasteiger partial charge in [-0.2, -0.15) is 5.10 Å². The second-order valence-corrected chi connectivity index (χ2v) is 6.14. The van der Waals surface area contributed by atoms with Crippen LogP contribution in [0.4, 0.5) is 5.82 Å². The maximum absolute atomic E-state index is 12.4. The first-order chi connectivity index (χ1) is 9.49. The first kappa shape index (κ1) is 15.0. The Bertz CT molecular complexity index is 446. The van der Waals surface area contributed by atoms with E-state index < -0.39 is 0 Å². The van der Waals surface area contributed by atoms with Crippen LogP contribution in [0.1, 0.15) is 46.6 Å². The maximum atomic E-state index is 12.4. The topological polar surface area (TPSA) is 50.2 Å². The predicted octanol–water partition coefficient (Wildman–Crippen LogP) is 2.52. The van der Waals surface area contributed by atoms with Gasteiger partial charge in [0.2, 0.25) is 5.91 Å². The Morgan fingerprint density at radius 3 is 2.60 bits per heavy atom. The van der Waals surface area contributed by atoms with E-state index in [0.29, 0.717) is 0 Å². The van der Waals surface area contributed by atoms with Crippen LogP contribution in [0.15, 0.2) is 12.3 Å². The highest BCUT2D eigenvalue weighted by atomic mass is 16.2. The monoisotopic (exact) mass is 278 g/mol. The molecule has 112 valence electrons. The standard InChI is InChI=1S/C15H26N4O/c1-11(2)19-14(5-8-16-19)17-15(20)13(4)18-9-6-12(3)7-10-18/h5,8,11-13H,6-7,9-10H2,1-4H3,(H,17,20). The summed E-state index contributed by atoms with van der Waals surface area (Å²) in [5.41, 5.74) is 0. The number of piperidine rings is 1. The van der Waals surface area contributed by atoms with Gasteiger partial charge in [-0.1, -0.05) is 6.92 Å². The van der Waals surface area contributed by atoms with E-state index in [9.17, 15) is 4.79 Å². The fourth-order valence-electron chi connectivity index (χ4n) is 2.64. The lowest BCUT2D eigenvalue weighted by Gasteiger charge is -2.34. The van der Waals surface area contributed by atoms with Crippen molar-refractivity contribution in [2.75, 3.05) is 18.4 Å². The molecule has 1 aliphatic rings. The van der Waals surface area contributed by atoms with Crippen LogP contribution in [0.2, 0.25) is 0 Å². The van der Waals surface area contributed by atoms with E-state index in [1.54, 1.807) is 6.20 Å². The lowest BCUT2D eigenvalue weighted by molar-refractivity contribution is -0.121. The van der Waals surface area contributed by atoms with Crippen LogP contribution in [0, 0.1) is 5.92 Å². The number of carbonyl (C=O) groups is 1. The molecule has 0 spiro atoms. The van der Waals surface area contributed by atoms with E-state index in [1.165, 1.54) is 12.8 Å². The molecule has 0 aliphatic carbocycles. The van der Waals surface area contributed by atoms with Gasteiger partial charge in [0.15, 0.2) is 0 Å². The van der Waals surface area contributed by atoms with E-state index in [0.717, 1.165) is 24.8 Å². The normalized spacial score (nSPS) is 19.2. The third-order valence-corrected chi connectivity index (χ3v) is 4.16. The van der Waals surface area contributed by atoms with Gasteiger partial charge in [0.1, 0.15) is 5.82 Å². The summed E-state index contributed by atoms with van der Waals surface area (Å²) in [6.45, 7) is 10.4. The van der Waals surface area contributed by atoms with Crippen LogP contribution >= 0.6 is 0 Å². The van der Waals surface area contributed by atoms with E-state index in [2.05, 4.69) is 36.1 Å². The second kappa shape index (κ2) is 6.39. The number of carbonyl (C=O) groups excluding carboxylic acids is 1. The number of aromatic nitrogens is 2. The highest BCUT2D eigenvalue weighted by molar-refractivity contribution is 5.93. The van der Waals surface area contributed by atoms with Crippen molar-refractivity contribution in [1.29, 1.82) is 0 Å². The molecule has 1 atom stereocenters. The van der Waals surface area contributed by atoms with Gasteiger partial charge in [-0.15, -0.1) is 0 Å². The number of nitrogens with zero attached hydrogens (tertiary/aromatic N) is 3. The number of hydrogen-bond acceptors (Lipinski definition) is 3. The molecule has 1 amide bonds. The zero-order valence-electron chi connectivity index (χ0n) is 13.0. The zero-order valence-corrected chi connectivity index (χ0v) is 13.0. The number of amides is 1. The number of rotatable bonds is 4. The lowest BCUT2D eigenvalue weighted by atomic mass is 9.98. The van der Waals surface area contributed by atoms with Crippen LogP contribution in [-0.2, 0) is 4.79 Å². The first-order valence-corrected chi connectivity index (χ1v) is 7.57. The predicted molar refractivity (Wildman–Crippen MR) is 80.7 cm³/mol. The summed E-state index contributed by atoms with van der Waals surface area (Å²) in [5.74, 6) is 1.62. The summed E-state index contributed by atoms with van der Waals surface area (Å²) < 4.78 is 1.84. The summed E-state index contributed by atoms with van der Waals surface area (Å²) in [6.07, 6.45) is 4.09. The van der Waals surface area contributed by atoms with Crippen LogP contribution in [0.3, 0.4) is 0 Å². The molecular weight excluding hydrogens is 252 g/mol. The molecule has 1 aromatic heterocycles. The van der Waals surface area contributed by atoms with Gasteiger partial charge in [-0.05, 0) is 52.6 Å². The second-order valence-electron chi connectivity index (χ2n) is 6.14. The van der Waals surface area contributed by atoms with Crippen molar-refractivity contribution in [3.63, 3.8) is 0 Å². The Labute approximate surface area is 121 Å². The Morgan fingerprint density at radius 1 is 1.35 bits per heavy atom. The smallest absolute Gasteiger partial charge is 0.242 e. The van der Waals surface area contributed by atoms with Crippen molar-refractivity contribution in [3.05, 3.63) is 12.3 Å². The number of likely N-dealkylation sites (tertiary alicyclic amines) is 1. The number of anilines is 1. The molecule has 0 saturated carbocycles. The molecule has 0 aromatic carbocycles. The molecular formula is C15H26N4O. The van der Waals surface area contributed by atoms with Gasteiger partial charge in [0, 0.05) is 12.1 Å². The number of hydrogen-bond donors (Lipinski definition) is 1. The Kier molecular flexibility index (Phi) is 4.81. The van der Waals surface area contributed by atoms with Crippen LogP contribution in [0.5, 0.6) is 0 Å². The van der Waals surface area contributed by atoms with Crippen LogP contribution < -0.4 is 5.32 Å². The SMILES string of the molecule is CC1CCN(C(C)C(=O)Nc2ccnn2C(C)C)CC1. The van der Waals surface area contributed by atoms with Gasteiger partial charge in [-0.25, -0.2) is 4.68 Å². The molecule has 1 saturated heterocycles. The molecule has 5 heteroatoms. The average molecular weight is 278 g/mol. The van der Waals surface area contributed by atoms with Gasteiger partial charge in [-0.3, -0.25) is 9.69 Å². The quantitative estimate of drug-likeness (QED) is 0.920. The molecule has 1 fully saturated rings. The van der Waals surface area contributed by atoms with E-state index >= 15 is 0 Å². The van der Waals surface area contributed by atoms with Crippen molar-refractivity contribution < 1.29 is 4.79 Å². The third-order valence-electron chi connectivity index (χ3n) is 4.16. The molecule has 20 heavy (non-hydrogen) atoms. The molecule has 0 bridgehead atoms. The minimum Gasteiger partial charge on any atom is -0.310 e. The molecule has 1 aliphatic heterocycles. The van der Waals surface area contributed by atoms with Crippen LogP contribution in [-0.4, -0.2) is 39.7 Å². The van der Waals surface area contributed by atoms with Gasteiger partial charge in [0.05, 0.1) is 12.2 Å². The molecule has 1 N–H and O–H groups in total. The number of nitrogens with one attached hydrogen (secondary N) is 1. The summed E-state index contributed by atoms with van der Waals surface area (Å²) in [5, 5.41) is 7.24. The van der Waals surface area contributed by atoms with Crippen molar-refractivity contribution in [2.45, 2.75) is 52.6 Å². The molecule has 1 unspecified atom stereocenters. The van der Waals surface area contributed by atoms with E-state index in [1.807, 2.05) is 17.7 Å². The van der Waals surface area contributed by atoms with E-state index in [4.69, 9.17) is 0 Å². The van der Waals surface area contributed by atoms with Crippen molar-refractivity contribution in [3.8, 4) is 0 Å². The first-order valence-electron chi connectivity index (χ1n) is 7.57. The molecule has 1 aromatic rings. The highest BCUT2D eigenvalue weighted by Gasteiger charge is 2.25. The average Bonchev–Trinajstić information content (AvgIpc) is 2.87. The summed E-state index contributed by atoms with van der Waals surface area (Å²) in [7, 11) is 0. The molecule has 2 heterocycles. The van der Waals surface area contributed by atoms with Crippen LogP contribution in [0.25, 0.3) is 0 Å². The molecule has 2 rings (SSSR count). The van der Waals surface area contributed by atoms with Gasteiger partial charge < -0.3 is 5.32 Å². The largest absolute Gasteiger partial charge is 0.310 e. The highest BCUT2D eigenvalue weighted by Crippen LogP contribution is 2.19. The van der Waals surface area contributed by atoms with E-state index in [-0.39, 0.29) is 18.0 Å². The van der Waals surface area contributed by atoms with Gasteiger partial charge >= 0.3 is 0 Å². The molecule has 5 nitrogen and oxygen atoms in total. The van der Waals surface area contributed by atoms with Crippen molar-refractivity contribution in [1.82, 2.24) is 14.7 Å². The zero-order chi connectivity index (χ0) is 14.7. The third kappa shape index (κ3) is 3.39. The van der Waals surface area contributed by atoms with Crippen molar-refractivity contribution >= 4 is 11.7 Å². The summed E-state index contributed by atoms with van der Waals surface area (Å²) in [4.78, 5) is 14.6. The fourth-order valence-corrected chi connectivity index (χ4v) is 2.64.